The monoisotopic (exact) mass is 266 g/mol. The van der Waals surface area contributed by atoms with Crippen LogP contribution in [0.1, 0.15) is 90.4 Å². The minimum atomic E-state index is 0.604. The normalized spacial score (nSPS) is 15.9. The van der Waals surface area contributed by atoms with Crippen molar-refractivity contribution in [3.63, 3.8) is 0 Å². The zero-order valence-corrected chi connectivity index (χ0v) is 13.3. The SMILES string of the molecule is CCCCCCCCCCCCCB1CCCCO1. The van der Waals surface area contributed by atoms with Crippen LogP contribution in [0.4, 0.5) is 0 Å². The highest BCUT2D eigenvalue weighted by atomic mass is 16.4. The van der Waals surface area contributed by atoms with Crippen molar-refractivity contribution in [1.29, 1.82) is 0 Å². The molecular weight excluding hydrogens is 231 g/mol. The van der Waals surface area contributed by atoms with Crippen LogP contribution in [-0.4, -0.2) is 13.5 Å². The van der Waals surface area contributed by atoms with E-state index in [1.165, 1.54) is 96.1 Å². The van der Waals surface area contributed by atoms with Gasteiger partial charge >= 0.3 is 0 Å². The average molecular weight is 266 g/mol. The summed E-state index contributed by atoms with van der Waals surface area (Å²) in [7, 11) is 0. The van der Waals surface area contributed by atoms with Gasteiger partial charge in [-0.1, -0.05) is 84.0 Å². The number of hydrogen-bond acceptors (Lipinski definition) is 1. The van der Waals surface area contributed by atoms with Crippen LogP contribution in [-0.2, 0) is 4.65 Å². The Morgan fingerprint density at radius 1 is 0.737 bits per heavy atom. The van der Waals surface area contributed by atoms with Crippen LogP contribution in [0.5, 0.6) is 0 Å². The minimum Gasteiger partial charge on any atom is -0.436 e. The van der Waals surface area contributed by atoms with Gasteiger partial charge in [0, 0.05) is 6.61 Å². The summed E-state index contributed by atoms with van der Waals surface area (Å²) in [6, 6.07) is 0. The molecule has 0 aromatic carbocycles. The van der Waals surface area contributed by atoms with E-state index in [1.54, 1.807) is 0 Å². The van der Waals surface area contributed by atoms with Gasteiger partial charge in [-0.15, -0.1) is 0 Å². The van der Waals surface area contributed by atoms with Gasteiger partial charge in [-0.05, 0) is 19.1 Å². The van der Waals surface area contributed by atoms with Crippen molar-refractivity contribution >= 4 is 6.92 Å². The predicted molar refractivity (Wildman–Crippen MR) is 87.0 cm³/mol. The molecule has 1 saturated heterocycles. The maximum absolute atomic E-state index is 5.77. The van der Waals surface area contributed by atoms with Crippen molar-refractivity contribution in [2.75, 3.05) is 6.61 Å². The fourth-order valence-corrected chi connectivity index (χ4v) is 3.07. The van der Waals surface area contributed by atoms with Crippen molar-refractivity contribution in [2.24, 2.45) is 0 Å². The molecule has 0 saturated carbocycles. The summed E-state index contributed by atoms with van der Waals surface area (Å²) < 4.78 is 5.77. The first-order chi connectivity index (χ1) is 9.43. The fourth-order valence-electron chi connectivity index (χ4n) is 3.07. The minimum absolute atomic E-state index is 0.604. The molecule has 112 valence electrons. The lowest BCUT2D eigenvalue weighted by Crippen LogP contribution is -2.22. The zero-order chi connectivity index (χ0) is 13.6. The quantitative estimate of drug-likeness (QED) is 0.306. The molecule has 1 aliphatic heterocycles. The van der Waals surface area contributed by atoms with Crippen LogP contribution in [0.2, 0.25) is 12.6 Å². The highest BCUT2D eigenvalue weighted by Gasteiger charge is 2.17. The van der Waals surface area contributed by atoms with Gasteiger partial charge in [0.15, 0.2) is 0 Å². The van der Waals surface area contributed by atoms with Crippen molar-refractivity contribution in [3.8, 4) is 0 Å². The Hall–Kier alpha value is 0.0249. The molecule has 0 radical (unpaired) electrons. The lowest BCUT2D eigenvalue weighted by Gasteiger charge is -2.19. The molecule has 2 heteroatoms. The molecule has 1 aliphatic rings. The molecular formula is C17H35BO. The van der Waals surface area contributed by atoms with E-state index in [1.807, 2.05) is 0 Å². The molecule has 1 heterocycles. The smallest absolute Gasteiger partial charge is 0.293 e. The largest absolute Gasteiger partial charge is 0.436 e. The van der Waals surface area contributed by atoms with Gasteiger partial charge in [0.2, 0.25) is 0 Å². The van der Waals surface area contributed by atoms with Crippen LogP contribution >= 0.6 is 0 Å². The second kappa shape index (κ2) is 13.0. The number of unbranched alkanes of at least 4 members (excludes halogenated alkanes) is 10. The molecule has 1 fully saturated rings. The van der Waals surface area contributed by atoms with E-state index in [0.29, 0.717) is 6.92 Å². The van der Waals surface area contributed by atoms with Crippen molar-refractivity contribution in [3.05, 3.63) is 0 Å². The predicted octanol–water partition coefficient (Wildman–Crippen LogP) is 6.10. The Morgan fingerprint density at radius 2 is 1.32 bits per heavy atom. The number of rotatable bonds is 12. The van der Waals surface area contributed by atoms with Crippen LogP contribution in [0, 0.1) is 0 Å². The van der Waals surface area contributed by atoms with Gasteiger partial charge < -0.3 is 4.65 Å². The van der Waals surface area contributed by atoms with E-state index in [-0.39, 0.29) is 0 Å². The molecule has 0 unspecified atom stereocenters. The van der Waals surface area contributed by atoms with E-state index in [2.05, 4.69) is 6.92 Å². The van der Waals surface area contributed by atoms with E-state index < -0.39 is 0 Å². The second-order valence-corrected chi connectivity index (χ2v) is 6.31. The van der Waals surface area contributed by atoms with E-state index in [4.69, 9.17) is 4.65 Å². The Bertz CT molecular complexity index is 178. The lowest BCUT2D eigenvalue weighted by molar-refractivity contribution is 0.285. The average Bonchev–Trinajstić information content (AvgIpc) is 2.46. The number of hydrogen-bond donors (Lipinski definition) is 0. The van der Waals surface area contributed by atoms with Gasteiger partial charge in [-0.3, -0.25) is 0 Å². The van der Waals surface area contributed by atoms with Crippen LogP contribution < -0.4 is 0 Å². The summed E-state index contributed by atoms with van der Waals surface area (Å²) in [4.78, 5) is 0. The first-order valence-corrected chi connectivity index (χ1v) is 9.05. The van der Waals surface area contributed by atoms with Gasteiger partial charge in [0.05, 0.1) is 0 Å². The van der Waals surface area contributed by atoms with Gasteiger partial charge in [0.25, 0.3) is 6.92 Å². The third-order valence-electron chi connectivity index (χ3n) is 4.40. The Balaban J connectivity index is 1.71. The fraction of sp³-hybridized carbons (Fsp3) is 1.00. The maximum atomic E-state index is 5.77. The lowest BCUT2D eigenvalue weighted by atomic mass is 9.58. The Morgan fingerprint density at radius 3 is 1.84 bits per heavy atom. The summed E-state index contributed by atoms with van der Waals surface area (Å²) in [6.45, 7) is 3.91. The Labute approximate surface area is 122 Å². The highest BCUT2D eigenvalue weighted by molar-refractivity contribution is 6.51. The van der Waals surface area contributed by atoms with E-state index >= 15 is 0 Å². The van der Waals surface area contributed by atoms with Gasteiger partial charge in [-0.25, -0.2) is 0 Å². The molecule has 0 spiro atoms. The summed E-state index contributed by atoms with van der Waals surface area (Å²) in [5.74, 6) is 0. The highest BCUT2D eigenvalue weighted by Crippen LogP contribution is 2.18. The van der Waals surface area contributed by atoms with Crippen molar-refractivity contribution in [1.82, 2.24) is 0 Å². The topological polar surface area (TPSA) is 9.23 Å². The summed E-state index contributed by atoms with van der Waals surface area (Å²) in [5.41, 5.74) is 0. The summed E-state index contributed by atoms with van der Waals surface area (Å²) in [6.07, 6.45) is 21.2. The summed E-state index contributed by atoms with van der Waals surface area (Å²) in [5, 5.41) is 0. The van der Waals surface area contributed by atoms with Crippen LogP contribution in [0.15, 0.2) is 0 Å². The molecule has 0 atom stereocenters. The zero-order valence-electron chi connectivity index (χ0n) is 13.3. The first kappa shape index (κ1) is 17.1. The molecule has 0 amide bonds. The van der Waals surface area contributed by atoms with Crippen molar-refractivity contribution < 1.29 is 4.65 Å². The first-order valence-electron chi connectivity index (χ1n) is 9.05. The molecule has 0 aromatic rings. The third kappa shape index (κ3) is 10.5. The molecule has 19 heavy (non-hydrogen) atoms. The van der Waals surface area contributed by atoms with Crippen LogP contribution in [0.25, 0.3) is 0 Å². The molecule has 0 aromatic heterocycles. The molecule has 0 bridgehead atoms. The van der Waals surface area contributed by atoms with Gasteiger partial charge in [-0.2, -0.15) is 0 Å². The van der Waals surface area contributed by atoms with Crippen LogP contribution in [0.3, 0.4) is 0 Å². The molecule has 1 rings (SSSR count). The molecule has 0 N–H and O–H groups in total. The maximum Gasteiger partial charge on any atom is 0.293 e. The standard InChI is InChI=1S/C17H35BO/c1-2-3-4-5-6-7-8-9-10-11-12-15-18-16-13-14-17-19-18/h2-17H2,1H3. The van der Waals surface area contributed by atoms with E-state index in [9.17, 15) is 0 Å². The van der Waals surface area contributed by atoms with Gasteiger partial charge in [0.1, 0.15) is 0 Å². The third-order valence-corrected chi connectivity index (χ3v) is 4.40. The molecule has 0 aliphatic carbocycles. The Kier molecular flexibility index (Phi) is 11.7. The second-order valence-electron chi connectivity index (χ2n) is 6.31. The van der Waals surface area contributed by atoms with Crippen molar-refractivity contribution in [2.45, 2.75) is 103 Å². The summed E-state index contributed by atoms with van der Waals surface area (Å²) >= 11 is 0. The molecule has 1 nitrogen and oxygen atoms in total. The van der Waals surface area contributed by atoms with E-state index in [0.717, 1.165) is 6.61 Å².